The fourth-order valence-electron chi connectivity index (χ4n) is 3.30. The van der Waals surface area contributed by atoms with Gasteiger partial charge in [0.25, 0.3) is 0 Å². The number of nitrogens with zero attached hydrogens (tertiary/aromatic N) is 1. The van der Waals surface area contributed by atoms with E-state index in [1.165, 1.54) is 6.07 Å². The van der Waals surface area contributed by atoms with Gasteiger partial charge in [0.1, 0.15) is 23.4 Å². The van der Waals surface area contributed by atoms with Crippen LogP contribution in [0, 0.1) is 0 Å². The van der Waals surface area contributed by atoms with Gasteiger partial charge in [0, 0.05) is 29.0 Å². The number of nitrogens with one attached hydrogen (secondary N) is 2. The lowest BCUT2D eigenvalue weighted by Gasteiger charge is -2.25. The van der Waals surface area contributed by atoms with Gasteiger partial charge in [0.2, 0.25) is 5.56 Å². The van der Waals surface area contributed by atoms with Crippen LogP contribution in [-0.2, 0) is 0 Å². The van der Waals surface area contributed by atoms with Gasteiger partial charge in [-0.15, -0.1) is 0 Å². The number of hydrogen-bond acceptors (Lipinski definition) is 4. The molecule has 0 amide bonds. The minimum atomic E-state index is -0.244. The van der Waals surface area contributed by atoms with Crippen molar-refractivity contribution in [3.63, 3.8) is 0 Å². The van der Waals surface area contributed by atoms with E-state index >= 15 is 0 Å². The van der Waals surface area contributed by atoms with Crippen LogP contribution >= 0.6 is 0 Å². The number of aromatic nitrogens is 1. The van der Waals surface area contributed by atoms with Crippen LogP contribution in [0.1, 0.15) is 5.56 Å². The van der Waals surface area contributed by atoms with E-state index in [2.05, 4.69) is 29.5 Å². The molecule has 2 aromatic rings. The van der Waals surface area contributed by atoms with Crippen molar-refractivity contribution in [2.24, 2.45) is 4.99 Å². The number of fused-ring (bicyclic) bond motifs is 1. The topological polar surface area (TPSA) is 66.5 Å². The first-order valence-electron chi connectivity index (χ1n) is 9.33. The third kappa shape index (κ3) is 3.89. The Morgan fingerprint density at radius 3 is 2.72 bits per heavy atom. The molecule has 144 valence electrons. The van der Waals surface area contributed by atoms with E-state index in [4.69, 9.17) is 9.73 Å². The van der Waals surface area contributed by atoms with E-state index in [9.17, 15) is 4.79 Å². The second-order valence-electron chi connectivity index (χ2n) is 6.71. The number of pyridine rings is 1. The zero-order chi connectivity index (χ0) is 20.2. The molecule has 4 rings (SSSR count). The normalized spacial score (nSPS) is 20.2. The highest BCUT2D eigenvalue weighted by atomic mass is 16.5. The lowest BCUT2D eigenvalue weighted by Crippen LogP contribution is -2.37. The van der Waals surface area contributed by atoms with Gasteiger partial charge in [-0.1, -0.05) is 61.7 Å². The maximum absolute atomic E-state index is 11.5. The molecule has 1 aromatic heterocycles. The van der Waals surface area contributed by atoms with Gasteiger partial charge in [-0.3, -0.25) is 9.79 Å². The molecule has 2 heterocycles. The third-order valence-electron chi connectivity index (χ3n) is 4.72. The smallest absolute Gasteiger partial charge is 0.247 e. The lowest BCUT2D eigenvalue weighted by molar-refractivity contribution is 0.376. The Labute approximate surface area is 169 Å². The molecular formula is C24H21N3O2. The SMILES string of the molecule is C=C/C=C\C(=C)C1=NC2C(Oc3ccccc3)=C(c3ccc(=O)[nH]c3)C=CC2N1. The van der Waals surface area contributed by atoms with Crippen molar-refractivity contribution in [3.05, 3.63) is 119 Å². The highest BCUT2D eigenvalue weighted by molar-refractivity contribution is 6.02. The van der Waals surface area contributed by atoms with E-state index < -0.39 is 0 Å². The van der Waals surface area contributed by atoms with Crippen LogP contribution in [0.3, 0.4) is 0 Å². The van der Waals surface area contributed by atoms with E-state index in [1.54, 1.807) is 18.3 Å². The summed E-state index contributed by atoms with van der Waals surface area (Å²) in [6, 6.07) is 12.6. The third-order valence-corrected chi connectivity index (χ3v) is 4.72. The predicted molar refractivity (Wildman–Crippen MR) is 117 cm³/mol. The maximum Gasteiger partial charge on any atom is 0.247 e. The number of aromatic amines is 1. The van der Waals surface area contributed by atoms with Gasteiger partial charge in [-0.2, -0.15) is 0 Å². The molecule has 0 saturated heterocycles. The molecule has 1 aliphatic carbocycles. The summed E-state index contributed by atoms with van der Waals surface area (Å²) >= 11 is 0. The van der Waals surface area contributed by atoms with Crippen LogP contribution in [0.4, 0.5) is 0 Å². The monoisotopic (exact) mass is 383 g/mol. The van der Waals surface area contributed by atoms with Gasteiger partial charge in [-0.25, -0.2) is 0 Å². The Morgan fingerprint density at radius 2 is 2.00 bits per heavy atom. The molecule has 29 heavy (non-hydrogen) atoms. The summed E-state index contributed by atoms with van der Waals surface area (Å²) in [6.45, 7) is 7.77. The lowest BCUT2D eigenvalue weighted by atomic mass is 9.93. The summed E-state index contributed by atoms with van der Waals surface area (Å²) in [6.07, 6.45) is 11.1. The highest BCUT2D eigenvalue weighted by Crippen LogP contribution is 2.33. The number of amidine groups is 1. The van der Waals surface area contributed by atoms with Crippen LogP contribution in [0.5, 0.6) is 5.75 Å². The van der Waals surface area contributed by atoms with Crippen molar-refractivity contribution in [1.82, 2.24) is 10.3 Å². The number of H-pyrrole nitrogens is 1. The Balaban J connectivity index is 1.77. The molecule has 2 aliphatic rings. The summed E-state index contributed by atoms with van der Waals surface area (Å²) in [5.74, 6) is 2.17. The minimum absolute atomic E-state index is 0.0379. The Bertz CT molecular complexity index is 1100. The van der Waals surface area contributed by atoms with Gasteiger partial charge < -0.3 is 15.0 Å². The number of ether oxygens (including phenoxy) is 1. The van der Waals surface area contributed by atoms with Gasteiger partial charge in [-0.05, 0) is 18.2 Å². The first-order valence-corrected chi connectivity index (χ1v) is 9.33. The average Bonchev–Trinajstić information content (AvgIpc) is 3.19. The first kappa shape index (κ1) is 18.5. The summed E-state index contributed by atoms with van der Waals surface area (Å²) < 4.78 is 6.30. The second kappa shape index (κ2) is 8.02. The largest absolute Gasteiger partial charge is 0.459 e. The van der Waals surface area contributed by atoms with E-state index in [0.29, 0.717) is 0 Å². The van der Waals surface area contributed by atoms with Gasteiger partial charge in [0.05, 0.1) is 6.04 Å². The van der Waals surface area contributed by atoms with Crippen molar-refractivity contribution in [2.75, 3.05) is 0 Å². The average molecular weight is 383 g/mol. The van der Waals surface area contributed by atoms with Crippen LogP contribution in [0.2, 0.25) is 0 Å². The molecule has 2 unspecified atom stereocenters. The van der Waals surface area contributed by atoms with Crippen LogP contribution in [-0.4, -0.2) is 22.9 Å². The molecule has 5 heteroatoms. The maximum atomic E-state index is 11.5. The molecule has 2 atom stereocenters. The molecule has 0 spiro atoms. The Kier molecular flexibility index (Phi) is 5.12. The zero-order valence-corrected chi connectivity index (χ0v) is 15.8. The molecule has 5 nitrogen and oxygen atoms in total. The Hall–Kier alpha value is -3.86. The predicted octanol–water partition coefficient (Wildman–Crippen LogP) is 3.77. The first-order chi connectivity index (χ1) is 14.2. The van der Waals surface area contributed by atoms with E-state index in [1.807, 2.05) is 48.6 Å². The Morgan fingerprint density at radius 1 is 1.17 bits per heavy atom. The number of aliphatic imine (C=N–C) groups is 1. The van der Waals surface area contributed by atoms with Crippen molar-refractivity contribution < 1.29 is 4.74 Å². The molecule has 0 fully saturated rings. The highest BCUT2D eigenvalue weighted by Gasteiger charge is 2.36. The summed E-state index contributed by atoms with van der Waals surface area (Å²) in [4.78, 5) is 19.1. The van der Waals surface area contributed by atoms with E-state index in [0.717, 1.165) is 34.1 Å². The van der Waals surface area contributed by atoms with Gasteiger partial charge >= 0.3 is 0 Å². The number of para-hydroxylation sites is 1. The minimum Gasteiger partial charge on any atom is -0.459 e. The number of benzene rings is 1. The van der Waals surface area contributed by atoms with Crippen LogP contribution in [0.15, 0.2) is 113 Å². The van der Waals surface area contributed by atoms with Gasteiger partial charge in [0.15, 0.2) is 0 Å². The molecule has 0 saturated carbocycles. The number of allylic oxidation sites excluding steroid dienone is 4. The summed E-state index contributed by atoms with van der Waals surface area (Å²) in [7, 11) is 0. The standard InChI is InChI=1S/C24H21N3O2/c1-3-4-8-16(2)24-26-20-13-12-19(17-11-14-21(28)25-15-17)23(22(20)27-24)29-18-9-6-5-7-10-18/h3-15,20,22H,1-2H2,(H,25,28)(H,26,27)/b8-4-. The molecule has 2 N–H and O–H groups in total. The van der Waals surface area contributed by atoms with Crippen molar-refractivity contribution in [3.8, 4) is 5.75 Å². The van der Waals surface area contributed by atoms with E-state index in [-0.39, 0.29) is 17.6 Å². The number of hydrogen-bond donors (Lipinski definition) is 2. The number of rotatable bonds is 6. The second-order valence-corrected chi connectivity index (χ2v) is 6.71. The quantitative estimate of drug-likeness (QED) is 0.746. The van der Waals surface area contributed by atoms with Crippen LogP contribution in [0.25, 0.3) is 5.57 Å². The molecule has 0 bridgehead atoms. The fraction of sp³-hybridized carbons (Fsp3) is 0.0833. The van der Waals surface area contributed by atoms with Crippen LogP contribution < -0.4 is 15.6 Å². The van der Waals surface area contributed by atoms with Crippen molar-refractivity contribution >= 4 is 11.4 Å². The molecule has 0 radical (unpaired) electrons. The summed E-state index contributed by atoms with van der Waals surface area (Å²) in [5.41, 5.74) is 2.37. The molecule has 1 aliphatic heterocycles. The van der Waals surface area contributed by atoms with Crippen molar-refractivity contribution in [1.29, 1.82) is 0 Å². The summed E-state index contributed by atoms with van der Waals surface area (Å²) in [5, 5.41) is 3.40. The molecular weight excluding hydrogens is 362 g/mol. The fourth-order valence-corrected chi connectivity index (χ4v) is 3.30. The molecule has 1 aromatic carbocycles. The zero-order valence-electron chi connectivity index (χ0n) is 15.8. The van der Waals surface area contributed by atoms with Crippen molar-refractivity contribution in [2.45, 2.75) is 12.1 Å².